The minimum absolute atomic E-state index is 0.0667. The second kappa shape index (κ2) is 5.75. The number of carbonyl (C=O) groups excluding carboxylic acids is 1. The molecule has 98 valence electrons. The number of anilines is 1. The molecule has 0 fully saturated rings. The molecule has 0 aliphatic heterocycles. The number of nitrogens with zero attached hydrogens (tertiary/aromatic N) is 3. The minimum Gasteiger partial charge on any atom is -0.476 e. The number of ether oxygens (including phenoxy) is 1. The molecule has 1 unspecified atom stereocenters. The summed E-state index contributed by atoms with van der Waals surface area (Å²) in [7, 11) is 2.73. The Hall–Kier alpha value is -2.45. The van der Waals surface area contributed by atoms with Gasteiger partial charge < -0.3 is 15.4 Å². The highest BCUT2D eigenvalue weighted by molar-refractivity contribution is 5.84. The summed E-state index contributed by atoms with van der Waals surface area (Å²) in [6.07, 6.45) is 1.12. The lowest BCUT2D eigenvalue weighted by Crippen LogP contribution is -2.35. The first kappa shape index (κ1) is 13.6. The third-order valence-corrected chi connectivity index (χ3v) is 2.16. The summed E-state index contributed by atoms with van der Waals surface area (Å²) >= 11 is 0. The van der Waals surface area contributed by atoms with Crippen LogP contribution >= 0.6 is 0 Å². The molecule has 1 amide bonds. The van der Waals surface area contributed by atoms with E-state index in [1.165, 1.54) is 14.2 Å². The van der Waals surface area contributed by atoms with Crippen LogP contribution in [0.4, 0.5) is 11.5 Å². The maximum absolute atomic E-state index is 11.3. The van der Waals surface area contributed by atoms with Gasteiger partial charge >= 0.3 is 5.69 Å². The quantitative estimate of drug-likeness (QED) is 0.558. The van der Waals surface area contributed by atoms with Crippen LogP contribution in [-0.4, -0.2) is 41.0 Å². The molecule has 9 heteroatoms. The number of hydrogen-bond acceptors (Lipinski definition) is 7. The van der Waals surface area contributed by atoms with Crippen molar-refractivity contribution in [1.29, 1.82) is 0 Å². The van der Waals surface area contributed by atoms with Crippen molar-refractivity contribution >= 4 is 17.4 Å². The maximum Gasteiger partial charge on any atom is 0.372 e. The largest absolute Gasteiger partial charge is 0.476 e. The van der Waals surface area contributed by atoms with Crippen molar-refractivity contribution in [3.63, 3.8) is 0 Å². The van der Waals surface area contributed by atoms with Crippen LogP contribution in [-0.2, 0) is 4.79 Å². The molecule has 2 N–H and O–H groups in total. The fraction of sp³-hybridized carbons (Fsp3) is 0.444. The van der Waals surface area contributed by atoms with Crippen LogP contribution in [0.2, 0.25) is 0 Å². The Bertz CT molecular complexity index is 464. The predicted octanol–water partition coefficient (Wildman–Crippen LogP) is -0.0602. The van der Waals surface area contributed by atoms with Crippen molar-refractivity contribution in [2.45, 2.75) is 13.0 Å². The molecule has 9 nitrogen and oxygen atoms in total. The van der Waals surface area contributed by atoms with E-state index >= 15 is 0 Å². The van der Waals surface area contributed by atoms with Gasteiger partial charge in [0.2, 0.25) is 11.7 Å². The van der Waals surface area contributed by atoms with Gasteiger partial charge in [-0.3, -0.25) is 14.9 Å². The van der Waals surface area contributed by atoms with E-state index in [2.05, 4.69) is 20.6 Å². The number of nitrogens with one attached hydrogen (secondary N) is 2. The molecule has 0 aliphatic rings. The van der Waals surface area contributed by atoms with Gasteiger partial charge in [-0.15, -0.1) is 0 Å². The Morgan fingerprint density at radius 1 is 1.56 bits per heavy atom. The van der Waals surface area contributed by atoms with Crippen LogP contribution in [0.5, 0.6) is 5.88 Å². The van der Waals surface area contributed by atoms with Gasteiger partial charge in [-0.1, -0.05) is 0 Å². The number of methoxy groups -OCH3 is 1. The van der Waals surface area contributed by atoms with E-state index in [9.17, 15) is 14.9 Å². The standard InChI is InChI=1S/C9H13N5O4/c1-5(8(15)10-2)13-7-6(14(16)17)9(18-3)12-4-11-7/h4-5H,1-3H3,(H,10,15)(H,11,12,13). The van der Waals surface area contributed by atoms with Gasteiger partial charge in [0.05, 0.1) is 12.0 Å². The van der Waals surface area contributed by atoms with Crippen LogP contribution in [0.3, 0.4) is 0 Å². The monoisotopic (exact) mass is 255 g/mol. The number of aromatic nitrogens is 2. The SMILES string of the molecule is CNC(=O)C(C)Nc1ncnc(OC)c1[N+](=O)[O-]. The molecule has 0 radical (unpaired) electrons. The average Bonchev–Trinajstić information content (AvgIpc) is 2.36. The van der Waals surface area contributed by atoms with Gasteiger partial charge in [0.15, 0.2) is 0 Å². The molecule has 0 bridgehead atoms. The molecule has 0 aliphatic carbocycles. The molecule has 0 saturated heterocycles. The summed E-state index contributed by atoms with van der Waals surface area (Å²) in [5, 5.41) is 16.0. The fourth-order valence-corrected chi connectivity index (χ4v) is 1.27. The number of amides is 1. The normalized spacial score (nSPS) is 11.5. The number of hydrogen-bond donors (Lipinski definition) is 2. The van der Waals surface area contributed by atoms with Crippen molar-refractivity contribution in [2.75, 3.05) is 19.5 Å². The van der Waals surface area contributed by atoms with Crippen molar-refractivity contribution in [3.05, 3.63) is 16.4 Å². The van der Waals surface area contributed by atoms with Crippen molar-refractivity contribution < 1.29 is 14.5 Å². The summed E-state index contributed by atoms with van der Waals surface area (Å²) in [6, 6.07) is -0.673. The van der Waals surface area contributed by atoms with Crippen LogP contribution in [0.25, 0.3) is 0 Å². The molecule has 1 aromatic heterocycles. The fourth-order valence-electron chi connectivity index (χ4n) is 1.27. The number of rotatable bonds is 5. The molecule has 1 aromatic rings. The summed E-state index contributed by atoms with van der Waals surface area (Å²) in [6.45, 7) is 1.55. The first-order valence-electron chi connectivity index (χ1n) is 5.02. The molecule has 0 saturated carbocycles. The zero-order valence-corrected chi connectivity index (χ0v) is 10.1. The molecule has 1 atom stereocenters. The molecule has 0 aromatic carbocycles. The van der Waals surface area contributed by atoms with E-state index in [4.69, 9.17) is 4.74 Å². The lowest BCUT2D eigenvalue weighted by atomic mass is 10.3. The van der Waals surface area contributed by atoms with Crippen LogP contribution in [0.1, 0.15) is 6.92 Å². The van der Waals surface area contributed by atoms with Gasteiger partial charge in [-0.25, -0.2) is 4.98 Å². The lowest BCUT2D eigenvalue weighted by molar-refractivity contribution is -0.385. The van der Waals surface area contributed by atoms with Crippen molar-refractivity contribution in [3.8, 4) is 5.88 Å². The van der Waals surface area contributed by atoms with Gasteiger partial charge in [0, 0.05) is 7.05 Å². The second-order valence-corrected chi connectivity index (χ2v) is 3.32. The van der Waals surface area contributed by atoms with E-state index in [1.807, 2.05) is 0 Å². The van der Waals surface area contributed by atoms with E-state index in [-0.39, 0.29) is 17.6 Å². The van der Waals surface area contributed by atoms with Gasteiger partial charge in [0.1, 0.15) is 12.4 Å². The minimum atomic E-state index is -0.673. The number of likely N-dealkylation sites (N-methyl/N-ethyl adjacent to an activating group) is 1. The Labute approximate surface area is 103 Å². The summed E-state index contributed by atoms with van der Waals surface area (Å²) in [5.41, 5.74) is -0.407. The maximum atomic E-state index is 11.3. The highest BCUT2D eigenvalue weighted by Crippen LogP contribution is 2.30. The van der Waals surface area contributed by atoms with E-state index < -0.39 is 16.7 Å². The first-order chi connectivity index (χ1) is 8.51. The number of nitro groups is 1. The Balaban J connectivity index is 3.09. The topological polar surface area (TPSA) is 119 Å². The molecule has 18 heavy (non-hydrogen) atoms. The molecular weight excluding hydrogens is 242 g/mol. The molecular formula is C9H13N5O4. The Morgan fingerprint density at radius 2 is 2.22 bits per heavy atom. The summed E-state index contributed by atoms with van der Waals surface area (Å²) in [5.74, 6) is -0.550. The average molecular weight is 255 g/mol. The van der Waals surface area contributed by atoms with Gasteiger partial charge in [0.25, 0.3) is 5.88 Å². The zero-order chi connectivity index (χ0) is 13.7. The van der Waals surface area contributed by atoms with Gasteiger partial charge in [-0.05, 0) is 6.92 Å². The zero-order valence-electron chi connectivity index (χ0n) is 10.1. The molecule has 0 spiro atoms. The third kappa shape index (κ3) is 2.81. The van der Waals surface area contributed by atoms with E-state index in [1.54, 1.807) is 6.92 Å². The smallest absolute Gasteiger partial charge is 0.372 e. The first-order valence-corrected chi connectivity index (χ1v) is 5.02. The third-order valence-electron chi connectivity index (χ3n) is 2.16. The van der Waals surface area contributed by atoms with Crippen molar-refractivity contribution in [1.82, 2.24) is 15.3 Å². The van der Waals surface area contributed by atoms with Crippen LogP contribution < -0.4 is 15.4 Å². The van der Waals surface area contributed by atoms with E-state index in [0.717, 1.165) is 6.33 Å². The Morgan fingerprint density at radius 3 is 2.72 bits per heavy atom. The summed E-state index contributed by atoms with van der Waals surface area (Å²) < 4.78 is 4.78. The summed E-state index contributed by atoms with van der Waals surface area (Å²) in [4.78, 5) is 29.0. The highest BCUT2D eigenvalue weighted by atomic mass is 16.6. The van der Waals surface area contributed by atoms with Crippen LogP contribution in [0.15, 0.2) is 6.33 Å². The second-order valence-electron chi connectivity index (χ2n) is 3.32. The Kier molecular flexibility index (Phi) is 4.35. The molecule has 1 rings (SSSR count). The lowest BCUT2D eigenvalue weighted by Gasteiger charge is -2.13. The van der Waals surface area contributed by atoms with Crippen LogP contribution in [0, 0.1) is 10.1 Å². The number of carbonyl (C=O) groups is 1. The van der Waals surface area contributed by atoms with Gasteiger partial charge in [-0.2, -0.15) is 4.98 Å². The highest BCUT2D eigenvalue weighted by Gasteiger charge is 2.25. The predicted molar refractivity (Wildman–Crippen MR) is 62.4 cm³/mol. The van der Waals surface area contributed by atoms with E-state index in [0.29, 0.717) is 0 Å². The molecule has 1 heterocycles. The van der Waals surface area contributed by atoms with Crippen molar-refractivity contribution in [2.24, 2.45) is 0 Å².